The highest BCUT2D eigenvalue weighted by atomic mass is 16.5. The molecule has 2 aliphatic rings. The molecule has 1 amide bonds. The zero-order chi connectivity index (χ0) is 31.2. The second-order valence-corrected chi connectivity index (χ2v) is 12.4. The van der Waals surface area contributed by atoms with Gasteiger partial charge in [0.2, 0.25) is 0 Å². The quantitative estimate of drug-likeness (QED) is 0.0877. The fraction of sp³-hybridized carbons (Fsp3) is 0.444. The topological polar surface area (TPSA) is 109 Å². The summed E-state index contributed by atoms with van der Waals surface area (Å²) < 4.78 is 18.0. The average molecular weight is 613 g/mol. The fourth-order valence-electron chi connectivity index (χ4n) is 6.75. The Balaban J connectivity index is 1.15. The molecule has 1 aliphatic carbocycles. The van der Waals surface area contributed by atoms with E-state index in [1.165, 1.54) is 31.5 Å². The SMILES string of the molecule is COc1cc2c(NCC3CCC(c4ccc(C(=O)NO)cc4)CC3)cc(-c3ccc(C)o3)nc2cc1OCCCN1CCCC1. The summed E-state index contributed by atoms with van der Waals surface area (Å²) in [4.78, 5) is 19.2. The van der Waals surface area contributed by atoms with Gasteiger partial charge in [0, 0.05) is 35.8 Å². The first-order valence-electron chi connectivity index (χ1n) is 16.2. The molecule has 1 aliphatic heterocycles. The third kappa shape index (κ3) is 7.43. The number of hydrogen-bond acceptors (Lipinski definition) is 8. The van der Waals surface area contributed by atoms with Gasteiger partial charge in [-0.05, 0) is 119 Å². The van der Waals surface area contributed by atoms with Crippen molar-refractivity contribution in [1.29, 1.82) is 0 Å². The van der Waals surface area contributed by atoms with Crippen molar-refractivity contribution in [2.75, 3.05) is 45.2 Å². The Hall–Kier alpha value is -4.08. The molecule has 0 atom stereocenters. The van der Waals surface area contributed by atoms with Crippen molar-refractivity contribution in [1.82, 2.24) is 15.4 Å². The number of methoxy groups -OCH3 is 1. The number of benzene rings is 2. The molecule has 9 nitrogen and oxygen atoms in total. The normalized spacial score (nSPS) is 18.6. The van der Waals surface area contributed by atoms with Gasteiger partial charge in [0.25, 0.3) is 5.91 Å². The molecule has 0 radical (unpaired) electrons. The molecule has 0 spiro atoms. The summed E-state index contributed by atoms with van der Waals surface area (Å²) in [5.74, 6) is 3.53. The minimum absolute atomic E-state index is 0.459. The Morgan fingerprint density at radius 1 is 1.02 bits per heavy atom. The molecule has 2 aromatic carbocycles. The van der Waals surface area contributed by atoms with Crippen LogP contribution in [0, 0.1) is 12.8 Å². The first-order valence-corrected chi connectivity index (χ1v) is 16.2. The van der Waals surface area contributed by atoms with E-state index in [2.05, 4.69) is 16.3 Å². The lowest BCUT2D eigenvalue weighted by atomic mass is 9.78. The smallest absolute Gasteiger partial charge is 0.274 e. The number of furan rings is 1. The van der Waals surface area contributed by atoms with Crippen molar-refractivity contribution in [3.63, 3.8) is 0 Å². The molecule has 0 bridgehead atoms. The molecule has 6 rings (SSSR count). The van der Waals surface area contributed by atoms with Gasteiger partial charge in [-0.3, -0.25) is 10.0 Å². The Morgan fingerprint density at radius 3 is 2.49 bits per heavy atom. The molecule has 238 valence electrons. The molecule has 1 saturated carbocycles. The van der Waals surface area contributed by atoms with Crippen LogP contribution in [0.15, 0.2) is 59.0 Å². The lowest BCUT2D eigenvalue weighted by Crippen LogP contribution is -2.22. The largest absolute Gasteiger partial charge is 0.493 e. The second-order valence-electron chi connectivity index (χ2n) is 12.4. The predicted octanol–water partition coefficient (Wildman–Crippen LogP) is 7.18. The molecule has 3 N–H and O–H groups in total. The van der Waals surface area contributed by atoms with Gasteiger partial charge >= 0.3 is 0 Å². The molecule has 2 aromatic heterocycles. The maximum absolute atomic E-state index is 11.7. The van der Waals surface area contributed by atoms with Gasteiger partial charge in [0.1, 0.15) is 11.5 Å². The molecule has 0 unspecified atom stereocenters. The summed E-state index contributed by atoms with van der Waals surface area (Å²) in [6.45, 7) is 6.87. The Morgan fingerprint density at radius 2 is 1.80 bits per heavy atom. The predicted molar refractivity (Wildman–Crippen MR) is 175 cm³/mol. The maximum atomic E-state index is 11.7. The maximum Gasteiger partial charge on any atom is 0.274 e. The van der Waals surface area contributed by atoms with Gasteiger partial charge in [-0.15, -0.1) is 0 Å². The van der Waals surface area contributed by atoms with Crippen LogP contribution in [-0.4, -0.2) is 60.9 Å². The van der Waals surface area contributed by atoms with Crippen LogP contribution in [0.4, 0.5) is 5.69 Å². The van der Waals surface area contributed by atoms with Gasteiger partial charge in [-0.1, -0.05) is 12.1 Å². The average Bonchev–Trinajstić information content (AvgIpc) is 3.77. The zero-order valence-corrected chi connectivity index (χ0v) is 26.3. The number of hydroxylamine groups is 1. The number of aryl methyl sites for hydroxylation is 1. The molecule has 2 fully saturated rings. The number of amides is 1. The lowest BCUT2D eigenvalue weighted by Gasteiger charge is -2.29. The number of fused-ring (bicyclic) bond motifs is 1. The van der Waals surface area contributed by atoms with Crippen LogP contribution in [0.1, 0.15) is 72.5 Å². The van der Waals surface area contributed by atoms with Crippen LogP contribution in [-0.2, 0) is 0 Å². The van der Waals surface area contributed by atoms with E-state index in [4.69, 9.17) is 24.1 Å². The van der Waals surface area contributed by atoms with Crippen LogP contribution >= 0.6 is 0 Å². The molecular weight excluding hydrogens is 568 g/mol. The number of nitrogens with one attached hydrogen (secondary N) is 2. The molecule has 45 heavy (non-hydrogen) atoms. The zero-order valence-electron chi connectivity index (χ0n) is 26.3. The number of nitrogens with zero attached hydrogens (tertiary/aromatic N) is 2. The minimum Gasteiger partial charge on any atom is -0.493 e. The molecule has 9 heteroatoms. The van der Waals surface area contributed by atoms with E-state index in [0.29, 0.717) is 35.5 Å². The number of pyridine rings is 1. The fourth-order valence-corrected chi connectivity index (χ4v) is 6.75. The summed E-state index contributed by atoms with van der Waals surface area (Å²) in [7, 11) is 1.69. The Kier molecular flexibility index (Phi) is 9.86. The van der Waals surface area contributed by atoms with Gasteiger partial charge < -0.3 is 24.1 Å². The molecular formula is C36H44N4O5. The Bertz CT molecular complexity index is 1590. The Labute approximate surface area is 264 Å². The summed E-state index contributed by atoms with van der Waals surface area (Å²) >= 11 is 0. The number of likely N-dealkylation sites (tertiary alicyclic amines) is 1. The first kappa shape index (κ1) is 30.9. The van der Waals surface area contributed by atoms with Crippen LogP contribution in [0.5, 0.6) is 11.5 Å². The summed E-state index contributed by atoms with van der Waals surface area (Å²) in [6, 6.07) is 17.6. The van der Waals surface area contributed by atoms with Crippen molar-refractivity contribution in [3.05, 3.63) is 71.5 Å². The number of ether oxygens (including phenoxy) is 2. The lowest BCUT2D eigenvalue weighted by molar-refractivity contribution is 0.0706. The van der Waals surface area contributed by atoms with Gasteiger partial charge in [0.15, 0.2) is 17.3 Å². The van der Waals surface area contributed by atoms with Crippen LogP contribution in [0.2, 0.25) is 0 Å². The van der Waals surface area contributed by atoms with Gasteiger partial charge in [0.05, 0.1) is 19.2 Å². The van der Waals surface area contributed by atoms with Crippen molar-refractivity contribution in [2.45, 2.75) is 57.8 Å². The highest BCUT2D eigenvalue weighted by Crippen LogP contribution is 2.39. The highest BCUT2D eigenvalue weighted by Gasteiger charge is 2.23. The third-order valence-corrected chi connectivity index (χ3v) is 9.34. The monoisotopic (exact) mass is 612 g/mol. The van der Waals surface area contributed by atoms with E-state index in [1.807, 2.05) is 43.3 Å². The summed E-state index contributed by atoms with van der Waals surface area (Å²) in [5, 5.41) is 13.6. The summed E-state index contributed by atoms with van der Waals surface area (Å²) in [5.41, 5.74) is 6.02. The van der Waals surface area contributed by atoms with Crippen molar-refractivity contribution in [3.8, 4) is 23.0 Å². The number of rotatable bonds is 12. The number of hydrogen-bond donors (Lipinski definition) is 3. The number of carbonyl (C=O) groups is 1. The van der Waals surface area contributed by atoms with Crippen LogP contribution in [0.25, 0.3) is 22.4 Å². The van der Waals surface area contributed by atoms with Crippen molar-refractivity contribution < 1.29 is 23.9 Å². The third-order valence-electron chi connectivity index (χ3n) is 9.34. The molecule has 1 saturated heterocycles. The van der Waals surface area contributed by atoms with Crippen molar-refractivity contribution >= 4 is 22.5 Å². The van der Waals surface area contributed by atoms with Gasteiger partial charge in [-0.2, -0.15) is 0 Å². The van der Waals surface area contributed by atoms with E-state index in [-0.39, 0.29) is 0 Å². The van der Waals surface area contributed by atoms with E-state index in [9.17, 15) is 4.79 Å². The van der Waals surface area contributed by atoms with E-state index >= 15 is 0 Å². The van der Waals surface area contributed by atoms with Crippen molar-refractivity contribution in [2.24, 2.45) is 5.92 Å². The van der Waals surface area contributed by atoms with Crippen LogP contribution in [0.3, 0.4) is 0 Å². The van der Waals surface area contributed by atoms with Gasteiger partial charge in [-0.25, -0.2) is 10.5 Å². The molecule has 4 aromatic rings. The summed E-state index contributed by atoms with van der Waals surface area (Å²) in [6.07, 6.45) is 7.98. The highest BCUT2D eigenvalue weighted by molar-refractivity contribution is 5.96. The van der Waals surface area contributed by atoms with Crippen LogP contribution < -0.4 is 20.3 Å². The van der Waals surface area contributed by atoms with E-state index in [0.717, 1.165) is 79.0 Å². The minimum atomic E-state index is -0.486. The number of aromatic nitrogens is 1. The van der Waals surface area contributed by atoms with E-state index in [1.54, 1.807) is 24.7 Å². The molecule has 3 heterocycles. The first-order chi connectivity index (χ1) is 22.0. The number of anilines is 1. The standard InChI is InChI=1S/C36H44N4O5/c1-24-6-15-33(45-24)32-21-30(37-23-25-7-9-26(10-8-25)27-11-13-28(14-12-27)36(41)39-42)29-20-34(43-2)35(22-31(29)38-32)44-19-5-18-40-16-3-4-17-40/h6,11-15,20-22,25-26,42H,3-5,7-10,16-19,23H2,1-2H3,(H,37,38)(H,39,41). The number of carbonyl (C=O) groups excluding carboxylic acids is 1. The van der Waals surface area contributed by atoms with E-state index < -0.39 is 5.91 Å². The second kappa shape index (κ2) is 14.3.